The largest absolute Gasteiger partial charge is 0.368 e. The van der Waals surface area contributed by atoms with Crippen LogP contribution in [-0.4, -0.2) is 38.3 Å². The molecule has 24 heavy (non-hydrogen) atoms. The van der Waals surface area contributed by atoms with E-state index in [9.17, 15) is 4.79 Å². The predicted octanol–water partition coefficient (Wildman–Crippen LogP) is 2.81. The van der Waals surface area contributed by atoms with Crippen LogP contribution in [0.2, 0.25) is 0 Å². The first-order chi connectivity index (χ1) is 11.2. The standard InChI is InChI=1S/C19H28N2O2.ClH/c1-23-19(11-13-20-14-12-19)17(22)21-15-18(9-5-6-10-18)16-7-3-2-4-8-16;/h2-4,7-8,20H,5-6,9-15H2,1H3,(H,21,22);1H. The summed E-state index contributed by atoms with van der Waals surface area (Å²) in [7, 11) is 1.66. The number of amides is 1. The van der Waals surface area contributed by atoms with Crippen molar-refractivity contribution in [3.8, 4) is 0 Å². The smallest absolute Gasteiger partial charge is 0.252 e. The van der Waals surface area contributed by atoms with Gasteiger partial charge in [0.15, 0.2) is 0 Å². The van der Waals surface area contributed by atoms with Crippen LogP contribution in [0.5, 0.6) is 0 Å². The highest BCUT2D eigenvalue weighted by Gasteiger charge is 2.42. The van der Waals surface area contributed by atoms with E-state index >= 15 is 0 Å². The monoisotopic (exact) mass is 352 g/mol. The Balaban J connectivity index is 0.00000208. The van der Waals surface area contributed by atoms with Crippen molar-refractivity contribution in [2.75, 3.05) is 26.7 Å². The van der Waals surface area contributed by atoms with Crippen molar-refractivity contribution in [3.05, 3.63) is 35.9 Å². The van der Waals surface area contributed by atoms with Gasteiger partial charge in [0.2, 0.25) is 0 Å². The molecule has 5 heteroatoms. The molecule has 1 aromatic carbocycles. The molecule has 0 spiro atoms. The molecule has 1 aliphatic carbocycles. The van der Waals surface area contributed by atoms with Gasteiger partial charge in [-0.3, -0.25) is 4.79 Å². The second-order valence-electron chi connectivity index (χ2n) is 6.98. The molecule has 0 aromatic heterocycles. The third-order valence-corrected chi connectivity index (χ3v) is 5.75. The van der Waals surface area contributed by atoms with E-state index < -0.39 is 5.60 Å². The minimum Gasteiger partial charge on any atom is -0.368 e. The van der Waals surface area contributed by atoms with Crippen molar-refractivity contribution in [1.29, 1.82) is 0 Å². The number of carbonyl (C=O) groups excluding carboxylic acids is 1. The van der Waals surface area contributed by atoms with Crippen LogP contribution in [0.25, 0.3) is 0 Å². The number of hydrogen-bond acceptors (Lipinski definition) is 3. The molecule has 0 bridgehead atoms. The fourth-order valence-electron chi connectivity index (χ4n) is 4.18. The van der Waals surface area contributed by atoms with E-state index in [0.29, 0.717) is 6.54 Å². The summed E-state index contributed by atoms with van der Waals surface area (Å²) in [5, 5.41) is 6.53. The van der Waals surface area contributed by atoms with Crippen molar-refractivity contribution in [1.82, 2.24) is 10.6 Å². The highest BCUT2D eigenvalue weighted by atomic mass is 35.5. The van der Waals surface area contributed by atoms with E-state index in [0.717, 1.165) is 38.8 Å². The number of nitrogens with one attached hydrogen (secondary N) is 2. The highest BCUT2D eigenvalue weighted by Crippen LogP contribution is 2.40. The fraction of sp³-hybridized carbons (Fsp3) is 0.632. The van der Waals surface area contributed by atoms with Crippen LogP contribution in [0.15, 0.2) is 30.3 Å². The van der Waals surface area contributed by atoms with E-state index in [1.54, 1.807) is 7.11 Å². The molecule has 1 heterocycles. The van der Waals surface area contributed by atoms with Crippen LogP contribution in [0.1, 0.15) is 44.1 Å². The number of piperidine rings is 1. The maximum atomic E-state index is 12.8. The summed E-state index contributed by atoms with van der Waals surface area (Å²) in [6.45, 7) is 2.39. The summed E-state index contributed by atoms with van der Waals surface area (Å²) in [6, 6.07) is 10.7. The van der Waals surface area contributed by atoms with Crippen LogP contribution in [0.4, 0.5) is 0 Å². The highest BCUT2D eigenvalue weighted by molar-refractivity contribution is 5.85. The Labute approximate surface area is 151 Å². The summed E-state index contributed by atoms with van der Waals surface area (Å²) in [4.78, 5) is 12.8. The van der Waals surface area contributed by atoms with Crippen LogP contribution in [0, 0.1) is 0 Å². The molecule has 0 atom stereocenters. The average Bonchev–Trinajstić information content (AvgIpc) is 3.11. The average molecular weight is 353 g/mol. The van der Waals surface area contributed by atoms with Crippen molar-refractivity contribution >= 4 is 18.3 Å². The summed E-state index contributed by atoms with van der Waals surface area (Å²) in [5.74, 6) is 0.0590. The Morgan fingerprint density at radius 1 is 1.12 bits per heavy atom. The Hall–Kier alpha value is -1.10. The number of rotatable bonds is 5. The van der Waals surface area contributed by atoms with E-state index in [-0.39, 0.29) is 23.7 Å². The lowest BCUT2D eigenvalue weighted by atomic mass is 9.78. The van der Waals surface area contributed by atoms with Gasteiger partial charge in [-0.2, -0.15) is 0 Å². The van der Waals surface area contributed by atoms with E-state index in [4.69, 9.17) is 4.74 Å². The van der Waals surface area contributed by atoms with Crippen LogP contribution in [-0.2, 0) is 14.9 Å². The van der Waals surface area contributed by atoms with Crippen molar-refractivity contribution < 1.29 is 9.53 Å². The Kier molecular flexibility index (Phi) is 6.67. The third-order valence-electron chi connectivity index (χ3n) is 5.75. The first kappa shape index (κ1) is 19.2. The lowest BCUT2D eigenvalue weighted by Crippen LogP contribution is -2.55. The minimum atomic E-state index is -0.651. The third kappa shape index (κ3) is 3.76. The number of halogens is 1. The van der Waals surface area contributed by atoms with Crippen LogP contribution < -0.4 is 10.6 Å². The second-order valence-corrected chi connectivity index (χ2v) is 6.98. The molecular weight excluding hydrogens is 324 g/mol. The van der Waals surface area contributed by atoms with Crippen LogP contribution in [0.3, 0.4) is 0 Å². The van der Waals surface area contributed by atoms with Crippen molar-refractivity contribution in [3.63, 3.8) is 0 Å². The second kappa shape index (κ2) is 8.32. The molecule has 1 aliphatic heterocycles. The lowest BCUT2D eigenvalue weighted by molar-refractivity contribution is -0.147. The zero-order valence-electron chi connectivity index (χ0n) is 14.5. The first-order valence-corrected chi connectivity index (χ1v) is 8.81. The molecule has 1 saturated heterocycles. The molecule has 1 amide bonds. The first-order valence-electron chi connectivity index (χ1n) is 8.81. The maximum absolute atomic E-state index is 12.8. The van der Waals surface area contributed by atoms with E-state index in [2.05, 4.69) is 41.0 Å². The quantitative estimate of drug-likeness (QED) is 0.856. The van der Waals surface area contributed by atoms with Gasteiger partial charge in [0.1, 0.15) is 5.60 Å². The summed E-state index contributed by atoms with van der Waals surface area (Å²) >= 11 is 0. The minimum absolute atomic E-state index is 0. The predicted molar refractivity (Wildman–Crippen MR) is 98.7 cm³/mol. The van der Waals surface area contributed by atoms with E-state index in [1.165, 1.54) is 18.4 Å². The zero-order valence-corrected chi connectivity index (χ0v) is 15.3. The SMILES string of the molecule is COC1(C(=O)NCC2(c3ccccc3)CCCC2)CCNCC1.Cl. The molecule has 134 valence electrons. The Morgan fingerprint density at radius 2 is 1.75 bits per heavy atom. The summed E-state index contributed by atoms with van der Waals surface area (Å²) in [6.07, 6.45) is 6.27. The molecule has 0 unspecified atom stereocenters. The fourth-order valence-corrected chi connectivity index (χ4v) is 4.18. The number of benzene rings is 1. The van der Waals surface area contributed by atoms with Gasteiger partial charge in [-0.1, -0.05) is 43.2 Å². The molecule has 3 rings (SSSR count). The normalized spacial score (nSPS) is 21.7. The number of methoxy groups -OCH3 is 1. The number of carbonyl (C=O) groups is 1. The van der Waals surface area contributed by atoms with Gasteiger partial charge in [-0.25, -0.2) is 0 Å². The molecule has 2 fully saturated rings. The summed E-state index contributed by atoms with van der Waals surface area (Å²) < 4.78 is 5.64. The van der Waals surface area contributed by atoms with Gasteiger partial charge in [0, 0.05) is 19.1 Å². The molecule has 1 aromatic rings. The van der Waals surface area contributed by atoms with Gasteiger partial charge in [0.05, 0.1) is 0 Å². The Morgan fingerprint density at radius 3 is 2.33 bits per heavy atom. The molecule has 0 radical (unpaired) electrons. The van der Waals surface area contributed by atoms with Gasteiger partial charge in [0.25, 0.3) is 5.91 Å². The summed E-state index contributed by atoms with van der Waals surface area (Å²) in [5.41, 5.74) is 0.801. The van der Waals surface area contributed by atoms with Gasteiger partial charge < -0.3 is 15.4 Å². The molecule has 2 N–H and O–H groups in total. The van der Waals surface area contributed by atoms with Gasteiger partial charge in [-0.15, -0.1) is 12.4 Å². The molecular formula is C19H29ClN2O2. The lowest BCUT2D eigenvalue weighted by Gasteiger charge is -2.37. The Bertz CT molecular complexity index is 523. The molecule has 4 nitrogen and oxygen atoms in total. The van der Waals surface area contributed by atoms with E-state index in [1.807, 2.05) is 0 Å². The number of hydrogen-bond donors (Lipinski definition) is 2. The van der Waals surface area contributed by atoms with Crippen molar-refractivity contribution in [2.45, 2.75) is 49.5 Å². The molecule has 2 aliphatic rings. The van der Waals surface area contributed by atoms with Gasteiger partial charge >= 0.3 is 0 Å². The zero-order chi connectivity index (χ0) is 16.2. The maximum Gasteiger partial charge on any atom is 0.252 e. The van der Waals surface area contributed by atoms with Crippen LogP contribution >= 0.6 is 12.4 Å². The molecule has 1 saturated carbocycles. The van der Waals surface area contributed by atoms with Crippen molar-refractivity contribution in [2.24, 2.45) is 0 Å². The topological polar surface area (TPSA) is 50.4 Å². The number of ether oxygens (including phenoxy) is 1. The van der Waals surface area contributed by atoms with Gasteiger partial charge in [-0.05, 0) is 44.3 Å².